The van der Waals surface area contributed by atoms with Gasteiger partial charge >= 0.3 is 0 Å². The Morgan fingerprint density at radius 1 is 1.39 bits per heavy atom. The molecule has 0 aliphatic heterocycles. The number of hydrogen-bond acceptors (Lipinski definition) is 1. The van der Waals surface area contributed by atoms with Crippen LogP contribution in [-0.2, 0) is 10.8 Å². The van der Waals surface area contributed by atoms with E-state index in [4.69, 9.17) is 0 Å². The van der Waals surface area contributed by atoms with E-state index in [1.54, 1.807) is 0 Å². The van der Waals surface area contributed by atoms with Crippen LogP contribution in [0, 0.1) is 5.92 Å². The molecule has 0 spiro atoms. The molecule has 0 saturated carbocycles. The largest absolute Gasteiger partial charge is 0.254 e. The average molecular weight is 260 g/mol. The highest BCUT2D eigenvalue weighted by atomic mass is 32.2. The molecule has 0 N–H and O–H groups in total. The van der Waals surface area contributed by atoms with Crippen molar-refractivity contribution in [3.63, 3.8) is 0 Å². The molecule has 2 unspecified atom stereocenters. The summed E-state index contributed by atoms with van der Waals surface area (Å²) >= 11 is 0. The Balaban J connectivity index is 1.95. The maximum Gasteiger partial charge on any atom is 0.0570 e. The van der Waals surface area contributed by atoms with Crippen molar-refractivity contribution in [3.05, 3.63) is 54.1 Å². The third-order valence-electron chi connectivity index (χ3n) is 3.52. The Hall–Kier alpha value is -1.15. The first kappa shape index (κ1) is 13.3. The van der Waals surface area contributed by atoms with E-state index >= 15 is 0 Å². The van der Waals surface area contributed by atoms with Gasteiger partial charge in [-0.2, -0.15) is 0 Å². The highest BCUT2D eigenvalue weighted by molar-refractivity contribution is 7.85. The molecular weight excluding hydrogens is 240 g/mol. The summed E-state index contributed by atoms with van der Waals surface area (Å²) in [6, 6.07) is 9.73. The van der Waals surface area contributed by atoms with Gasteiger partial charge in [0.25, 0.3) is 0 Å². The summed E-state index contributed by atoms with van der Waals surface area (Å²) in [5, 5.41) is 0. The van der Waals surface area contributed by atoms with Gasteiger partial charge in [0.05, 0.1) is 10.8 Å². The molecule has 0 radical (unpaired) electrons. The predicted molar refractivity (Wildman–Crippen MR) is 78.0 cm³/mol. The lowest BCUT2D eigenvalue weighted by Gasteiger charge is -2.21. The van der Waals surface area contributed by atoms with Crippen LogP contribution in [0.3, 0.4) is 0 Å². The molecule has 1 aromatic rings. The fourth-order valence-electron chi connectivity index (χ4n) is 2.29. The van der Waals surface area contributed by atoms with Crippen LogP contribution >= 0.6 is 0 Å². The normalized spacial score (nSPS) is 21.2. The molecule has 0 fully saturated rings. The first-order valence-corrected chi connectivity index (χ1v) is 7.75. The van der Waals surface area contributed by atoms with Gasteiger partial charge < -0.3 is 0 Å². The van der Waals surface area contributed by atoms with Crippen LogP contribution in [0.25, 0.3) is 0 Å². The van der Waals surface area contributed by atoms with Crippen LogP contribution in [-0.4, -0.2) is 9.96 Å². The highest BCUT2D eigenvalue weighted by Gasteiger charge is 2.16. The number of rotatable bonds is 4. The summed E-state index contributed by atoms with van der Waals surface area (Å²) in [6.07, 6.45) is 5.56. The SMILES string of the molecule is C=C(C)C1CC=C(CS(=O)c2ccccc2)CC1. The van der Waals surface area contributed by atoms with Gasteiger partial charge in [-0.05, 0) is 44.2 Å². The Labute approximate surface area is 112 Å². The molecule has 18 heavy (non-hydrogen) atoms. The van der Waals surface area contributed by atoms with Crippen LogP contribution in [0.1, 0.15) is 26.2 Å². The fraction of sp³-hybridized carbons (Fsp3) is 0.375. The third-order valence-corrected chi connectivity index (χ3v) is 4.96. The molecule has 96 valence electrons. The lowest BCUT2D eigenvalue weighted by Crippen LogP contribution is -2.10. The molecule has 1 aliphatic carbocycles. The molecule has 0 bridgehead atoms. The van der Waals surface area contributed by atoms with Crippen LogP contribution in [0.4, 0.5) is 0 Å². The van der Waals surface area contributed by atoms with E-state index in [0.717, 1.165) is 24.2 Å². The second kappa shape index (κ2) is 6.14. The van der Waals surface area contributed by atoms with Crippen LogP contribution in [0.5, 0.6) is 0 Å². The summed E-state index contributed by atoms with van der Waals surface area (Å²) in [5.74, 6) is 1.31. The van der Waals surface area contributed by atoms with Crippen LogP contribution in [0.2, 0.25) is 0 Å². The molecule has 1 aliphatic rings. The topological polar surface area (TPSA) is 17.1 Å². The number of benzene rings is 1. The van der Waals surface area contributed by atoms with Crippen molar-refractivity contribution in [1.82, 2.24) is 0 Å². The minimum Gasteiger partial charge on any atom is -0.254 e. The van der Waals surface area contributed by atoms with Gasteiger partial charge in [-0.25, -0.2) is 0 Å². The Morgan fingerprint density at radius 3 is 2.67 bits per heavy atom. The van der Waals surface area contributed by atoms with Crippen molar-refractivity contribution >= 4 is 10.8 Å². The van der Waals surface area contributed by atoms with Gasteiger partial charge in [-0.15, -0.1) is 0 Å². The molecule has 0 amide bonds. The lowest BCUT2D eigenvalue weighted by molar-refractivity contribution is 0.540. The number of hydrogen-bond donors (Lipinski definition) is 0. The zero-order chi connectivity index (χ0) is 13.0. The second-order valence-electron chi connectivity index (χ2n) is 4.98. The molecule has 2 atom stereocenters. The van der Waals surface area contributed by atoms with Crippen molar-refractivity contribution < 1.29 is 4.21 Å². The standard InChI is InChI=1S/C16H20OS/c1-13(2)15-10-8-14(9-11-15)12-18(17)16-6-4-3-5-7-16/h3-8,15H,1,9-12H2,2H3. The zero-order valence-electron chi connectivity index (χ0n) is 10.9. The van der Waals surface area contributed by atoms with Gasteiger partial charge in [0, 0.05) is 10.6 Å². The van der Waals surface area contributed by atoms with Gasteiger partial charge in [-0.3, -0.25) is 4.21 Å². The van der Waals surface area contributed by atoms with E-state index in [1.165, 1.54) is 11.1 Å². The molecule has 0 heterocycles. The lowest BCUT2D eigenvalue weighted by atomic mass is 9.86. The first-order valence-electron chi connectivity index (χ1n) is 6.43. The molecular formula is C16H20OS. The van der Waals surface area contributed by atoms with Crippen molar-refractivity contribution in [3.8, 4) is 0 Å². The Bertz CT molecular complexity index is 473. The van der Waals surface area contributed by atoms with Gasteiger partial charge in [0.1, 0.15) is 0 Å². The van der Waals surface area contributed by atoms with Gasteiger partial charge in [-0.1, -0.05) is 42.0 Å². The van der Waals surface area contributed by atoms with E-state index in [2.05, 4.69) is 19.6 Å². The molecule has 0 saturated heterocycles. The van der Waals surface area contributed by atoms with E-state index in [1.807, 2.05) is 30.3 Å². The molecule has 0 aromatic heterocycles. The predicted octanol–water partition coefficient (Wildman–Crippen LogP) is 4.10. The van der Waals surface area contributed by atoms with Crippen molar-refractivity contribution in [1.29, 1.82) is 0 Å². The fourth-order valence-corrected chi connectivity index (χ4v) is 3.52. The first-order chi connectivity index (χ1) is 8.66. The summed E-state index contributed by atoms with van der Waals surface area (Å²) in [4.78, 5) is 0.931. The molecule has 2 rings (SSSR count). The van der Waals surface area contributed by atoms with E-state index < -0.39 is 10.8 Å². The molecule has 1 nitrogen and oxygen atoms in total. The smallest absolute Gasteiger partial charge is 0.0570 e. The van der Waals surface area contributed by atoms with Crippen LogP contribution in [0.15, 0.2) is 59.0 Å². The zero-order valence-corrected chi connectivity index (χ0v) is 11.7. The monoisotopic (exact) mass is 260 g/mol. The summed E-state index contributed by atoms with van der Waals surface area (Å²) < 4.78 is 12.2. The highest BCUT2D eigenvalue weighted by Crippen LogP contribution is 2.28. The van der Waals surface area contributed by atoms with E-state index in [0.29, 0.717) is 11.7 Å². The van der Waals surface area contributed by atoms with Gasteiger partial charge in [0.2, 0.25) is 0 Å². The summed E-state index contributed by atoms with van der Waals surface area (Å²) in [7, 11) is -0.894. The van der Waals surface area contributed by atoms with Crippen molar-refractivity contribution in [2.45, 2.75) is 31.1 Å². The summed E-state index contributed by atoms with van der Waals surface area (Å²) in [6.45, 7) is 6.13. The van der Waals surface area contributed by atoms with Crippen molar-refractivity contribution in [2.75, 3.05) is 5.75 Å². The maximum atomic E-state index is 12.2. The minimum absolute atomic E-state index is 0.624. The quantitative estimate of drug-likeness (QED) is 0.745. The van der Waals surface area contributed by atoms with Crippen molar-refractivity contribution in [2.24, 2.45) is 5.92 Å². The second-order valence-corrected chi connectivity index (χ2v) is 6.43. The van der Waals surface area contributed by atoms with Crippen LogP contribution < -0.4 is 0 Å². The summed E-state index contributed by atoms with van der Waals surface area (Å²) in [5.41, 5.74) is 2.61. The Kier molecular flexibility index (Phi) is 4.54. The molecule has 2 heteroatoms. The maximum absolute atomic E-state index is 12.2. The van der Waals surface area contributed by atoms with E-state index in [9.17, 15) is 4.21 Å². The van der Waals surface area contributed by atoms with E-state index in [-0.39, 0.29) is 0 Å². The Morgan fingerprint density at radius 2 is 2.11 bits per heavy atom. The average Bonchev–Trinajstić information content (AvgIpc) is 2.40. The number of allylic oxidation sites excluding steroid dienone is 2. The minimum atomic E-state index is -0.894. The van der Waals surface area contributed by atoms with Gasteiger partial charge in [0.15, 0.2) is 0 Å². The third kappa shape index (κ3) is 3.42. The molecule has 1 aromatic carbocycles.